The predicted octanol–water partition coefficient (Wildman–Crippen LogP) is 2.08. The van der Waals surface area contributed by atoms with E-state index in [2.05, 4.69) is 20.4 Å². The van der Waals surface area contributed by atoms with E-state index in [9.17, 15) is 9.59 Å². The lowest BCUT2D eigenvalue weighted by atomic mass is 9.66. The minimum absolute atomic E-state index is 0.0625. The summed E-state index contributed by atoms with van der Waals surface area (Å²) in [6, 6.07) is 0. The van der Waals surface area contributed by atoms with Gasteiger partial charge in [0, 0.05) is 23.3 Å². The van der Waals surface area contributed by atoms with Crippen molar-refractivity contribution in [2.24, 2.45) is 23.2 Å². The third kappa shape index (κ3) is 1.88. The van der Waals surface area contributed by atoms with Gasteiger partial charge in [0.25, 0.3) is 0 Å². The highest BCUT2D eigenvalue weighted by Crippen LogP contribution is 2.52. The summed E-state index contributed by atoms with van der Waals surface area (Å²) >= 11 is 0. The van der Waals surface area contributed by atoms with Crippen molar-refractivity contribution in [2.45, 2.75) is 39.2 Å². The van der Waals surface area contributed by atoms with Crippen LogP contribution in [-0.2, 0) is 19.1 Å². The van der Waals surface area contributed by atoms with Gasteiger partial charge in [0.1, 0.15) is 6.10 Å². The fourth-order valence-electron chi connectivity index (χ4n) is 4.11. The van der Waals surface area contributed by atoms with Gasteiger partial charge in [0.15, 0.2) is 0 Å². The second kappa shape index (κ2) is 4.09. The normalized spacial score (nSPS) is 45.9. The van der Waals surface area contributed by atoms with Crippen molar-refractivity contribution in [1.29, 1.82) is 0 Å². The Bertz CT molecular complexity index is 455. The predicted molar refractivity (Wildman–Crippen MR) is 68.1 cm³/mol. The summed E-state index contributed by atoms with van der Waals surface area (Å²) in [7, 11) is 0. The van der Waals surface area contributed by atoms with Gasteiger partial charge in [0.2, 0.25) is 0 Å². The minimum atomic E-state index is -0.253. The number of carbonyl (C=O) groups excluding carboxylic acids is 2. The highest BCUT2D eigenvalue weighted by molar-refractivity contribution is 5.90. The van der Waals surface area contributed by atoms with Crippen molar-refractivity contribution in [1.82, 2.24) is 0 Å². The Morgan fingerprint density at radius 2 is 2.11 bits per heavy atom. The lowest BCUT2D eigenvalue weighted by Gasteiger charge is -2.42. The molecule has 4 heteroatoms. The maximum atomic E-state index is 11.7. The molecule has 0 bridgehead atoms. The van der Waals surface area contributed by atoms with E-state index in [0.29, 0.717) is 30.4 Å². The van der Waals surface area contributed by atoms with E-state index in [1.54, 1.807) is 0 Å². The molecule has 3 rings (SSSR count). The number of fused-ring (bicyclic) bond motifs is 2. The number of cyclic esters (lactones) is 1. The Kier molecular flexibility index (Phi) is 2.73. The quantitative estimate of drug-likeness (QED) is 0.496. The van der Waals surface area contributed by atoms with Gasteiger partial charge in [-0.2, -0.15) is 0 Å². The van der Waals surface area contributed by atoms with E-state index in [1.165, 1.54) is 0 Å². The SMILES string of the molecule is C=C1C(=O)O[C@@H]2C[C@@H](C)[C@H]3CC(=O)OC[C@]3(C)C[C@@H]12. The Balaban J connectivity index is 1.93. The van der Waals surface area contributed by atoms with Gasteiger partial charge in [-0.05, 0) is 24.7 Å². The molecule has 104 valence electrons. The number of esters is 2. The van der Waals surface area contributed by atoms with E-state index in [1.807, 2.05) is 0 Å². The molecule has 0 spiro atoms. The molecule has 0 aromatic carbocycles. The molecule has 0 unspecified atom stereocenters. The number of hydrogen-bond acceptors (Lipinski definition) is 4. The standard InChI is InChI=1S/C15H20O4/c1-8-4-12-10(9(2)14(17)19-12)6-15(3)7-18-13(16)5-11(8)15/h8,10-12H,2,4-7H2,1,3H3/t8-,10+,11-,12-,15+/m1/s1. The molecule has 2 heterocycles. The first-order valence-corrected chi connectivity index (χ1v) is 6.96. The van der Waals surface area contributed by atoms with Crippen LogP contribution in [0.3, 0.4) is 0 Å². The number of rotatable bonds is 0. The molecular formula is C15H20O4. The van der Waals surface area contributed by atoms with E-state index in [0.717, 1.165) is 12.8 Å². The van der Waals surface area contributed by atoms with Gasteiger partial charge in [-0.1, -0.05) is 20.4 Å². The van der Waals surface area contributed by atoms with Crippen LogP contribution in [0.25, 0.3) is 0 Å². The monoisotopic (exact) mass is 264 g/mol. The molecule has 3 aliphatic rings. The molecule has 3 fully saturated rings. The zero-order chi connectivity index (χ0) is 13.8. The number of carbonyl (C=O) groups is 2. The molecule has 1 aliphatic carbocycles. The molecule has 19 heavy (non-hydrogen) atoms. The van der Waals surface area contributed by atoms with Crippen LogP contribution in [0.4, 0.5) is 0 Å². The molecule has 2 aliphatic heterocycles. The Hall–Kier alpha value is -1.32. The van der Waals surface area contributed by atoms with Gasteiger partial charge in [0.05, 0.1) is 6.61 Å². The smallest absolute Gasteiger partial charge is 0.334 e. The lowest BCUT2D eigenvalue weighted by Crippen LogP contribution is -2.42. The first-order valence-electron chi connectivity index (χ1n) is 6.96. The number of hydrogen-bond donors (Lipinski definition) is 0. The third-order valence-electron chi connectivity index (χ3n) is 5.24. The highest BCUT2D eigenvalue weighted by atomic mass is 16.6. The van der Waals surface area contributed by atoms with Crippen LogP contribution >= 0.6 is 0 Å². The van der Waals surface area contributed by atoms with Gasteiger partial charge in [-0.15, -0.1) is 0 Å². The van der Waals surface area contributed by atoms with Crippen LogP contribution in [0.5, 0.6) is 0 Å². The van der Waals surface area contributed by atoms with Crippen LogP contribution in [0.2, 0.25) is 0 Å². The molecule has 0 aromatic rings. The van der Waals surface area contributed by atoms with Crippen LogP contribution in [-0.4, -0.2) is 24.6 Å². The molecule has 4 nitrogen and oxygen atoms in total. The average Bonchev–Trinajstić information content (AvgIpc) is 2.54. The van der Waals surface area contributed by atoms with Crippen LogP contribution in [0, 0.1) is 23.2 Å². The maximum Gasteiger partial charge on any atom is 0.334 e. The van der Waals surface area contributed by atoms with Gasteiger partial charge >= 0.3 is 11.9 Å². The highest BCUT2D eigenvalue weighted by Gasteiger charge is 2.52. The van der Waals surface area contributed by atoms with Gasteiger partial charge < -0.3 is 9.47 Å². The molecular weight excluding hydrogens is 244 g/mol. The summed E-state index contributed by atoms with van der Waals surface area (Å²) in [5, 5.41) is 0. The van der Waals surface area contributed by atoms with E-state index in [-0.39, 0.29) is 29.4 Å². The fourth-order valence-corrected chi connectivity index (χ4v) is 4.11. The zero-order valence-electron chi connectivity index (χ0n) is 11.5. The van der Waals surface area contributed by atoms with Crippen molar-refractivity contribution >= 4 is 11.9 Å². The third-order valence-corrected chi connectivity index (χ3v) is 5.24. The first kappa shape index (κ1) is 12.7. The van der Waals surface area contributed by atoms with Crippen LogP contribution in [0.15, 0.2) is 12.2 Å². The van der Waals surface area contributed by atoms with E-state index in [4.69, 9.17) is 9.47 Å². The molecule has 0 amide bonds. The van der Waals surface area contributed by atoms with E-state index >= 15 is 0 Å². The van der Waals surface area contributed by atoms with Crippen molar-refractivity contribution in [3.63, 3.8) is 0 Å². The summed E-state index contributed by atoms with van der Waals surface area (Å²) in [5.74, 6) is 0.397. The van der Waals surface area contributed by atoms with Crippen molar-refractivity contribution < 1.29 is 19.1 Å². The fraction of sp³-hybridized carbons (Fsp3) is 0.733. The van der Waals surface area contributed by atoms with Crippen molar-refractivity contribution in [3.05, 3.63) is 12.2 Å². The largest absolute Gasteiger partial charge is 0.465 e. The average molecular weight is 264 g/mol. The van der Waals surface area contributed by atoms with Crippen molar-refractivity contribution in [3.8, 4) is 0 Å². The second-order valence-corrected chi connectivity index (χ2v) is 6.62. The Labute approximate surface area is 113 Å². The topological polar surface area (TPSA) is 52.6 Å². The maximum absolute atomic E-state index is 11.7. The van der Waals surface area contributed by atoms with Gasteiger partial charge in [-0.25, -0.2) is 4.79 Å². The van der Waals surface area contributed by atoms with Crippen LogP contribution < -0.4 is 0 Å². The summed E-state index contributed by atoms with van der Waals surface area (Å²) < 4.78 is 10.7. The molecule has 1 saturated carbocycles. The zero-order valence-corrected chi connectivity index (χ0v) is 11.5. The van der Waals surface area contributed by atoms with E-state index < -0.39 is 0 Å². The lowest BCUT2D eigenvalue weighted by molar-refractivity contribution is -0.162. The summed E-state index contributed by atoms with van der Waals surface area (Å²) in [5.41, 5.74) is 0.528. The molecule has 0 aromatic heterocycles. The summed E-state index contributed by atoms with van der Waals surface area (Å²) in [6.07, 6.45) is 2.07. The van der Waals surface area contributed by atoms with Gasteiger partial charge in [-0.3, -0.25) is 4.79 Å². The Morgan fingerprint density at radius 1 is 1.37 bits per heavy atom. The summed E-state index contributed by atoms with van der Waals surface area (Å²) in [4.78, 5) is 23.2. The molecule has 0 radical (unpaired) electrons. The Morgan fingerprint density at radius 3 is 2.84 bits per heavy atom. The summed E-state index contributed by atoms with van der Waals surface area (Å²) in [6.45, 7) is 8.65. The first-order chi connectivity index (χ1) is 8.90. The molecule has 0 N–H and O–H groups in total. The molecule has 5 atom stereocenters. The van der Waals surface area contributed by atoms with Crippen molar-refractivity contribution in [2.75, 3.05) is 6.61 Å². The second-order valence-electron chi connectivity index (χ2n) is 6.62. The minimum Gasteiger partial charge on any atom is -0.465 e. The van der Waals surface area contributed by atoms with Crippen LogP contribution in [0.1, 0.15) is 33.1 Å². The molecule has 2 saturated heterocycles. The number of ether oxygens (including phenoxy) is 2.